The first-order valence-electron chi connectivity index (χ1n) is 9.44. The van der Waals surface area contributed by atoms with Crippen LogP contribution in [-0.2, 0) is 13.0 Å². The largest absolute Gasteiger partial charge is 0.466 e. The molecule has 136 valence electrons. The van der Waals surface area contributed by atoms with Crippen LogP contribution in [0, 0.1) is 19.8 Å². The van der Waals surface area contributed by atoms with E-state index in [0.29, 0.717) is 5.89 Å². The molecule has 0 radical (unpaired) electrons. The number of rotatable bonds is 5. The van der Waals surface area contributed by atoms with Crippen molar-refractivity contribution in [2.75, 3.05) is 13.1 Å². The van der Waals surface area contributed by atoms with E-state index in [1.54, 1.807) is 0 Å². The molecule has 1 saturated heterocycles. The molecule has 0 atom stereocenters. The highest BCUT2D eigenvalue weighted by molar-refractivity contribution is 5.55. The zero-order valence-electron chi connectivity index (χ0n) is 15.5. The van der Waals surface area contributed by atoms with Crippen LogP contribution in [0.2, 0.25) is 0 Å². The van der Waals surface area contributed by atoms with Gasteiger partial charge in [0.25, 0.3) is 11.8 Å². The highest BCUT2D eigenvalue weighted by atomic mass is 16.4. The summed E-state index contributed by atoms with van der Waals surface area (Å²) >= 11 is 0. The van der Waals surface area contributed by atoms with Gasteiger partial charge in [0.15, 0.2) is 6.54 Å². The van der Waals surface area contributed by atoms with Gasteiger partial charge in [0.1, 0.15) is 11.5 Å². The number of furan rings is 1. The number of aromatic nitrogens is 2. The molecule has 0 bridgehead atoms. The third-order valence-corrected chi connectivity index (χ3v) is 5.32. The Balaban J connectivity index is 1.31. The molecule has 0 aliphatic carbocycles. The molecule has 5 nitrogen and oxygen atoms in total. The van der Waals surface area contributed by atoms with E-state index in [4.69, 9.17) is 8.83 Å². The van der Waals surface area contributed by atoms with Gasteiger partial charge in [-0.1, -0.05) is 30.3 Å². The molecule has 1 aliphatic rings. The zero-order chi connectivity index (χ0) is 17.9. The molecule has 1 N–H and O–H groups in total. The summed E-state index contributed by atoms with van der Waals surface area (Å²) in [5.74, 6) is 3.76. The van der Waals surface area contributed by atoms with Crippen molar-refractivity contribution in [3.63, 3.8) is 0 Å². The van der Waals surface area contributed by atoms with Gasteiger partial charge < -0.3 is 13.7 Å². The van der Waals surface area contributed by atoms with Gasteiger partial charge in [-0.25, -0.2) is 0 Å². The lowest BCUT2D eigenvalue weighted by molar-refractivity contribution is -0.921. The minimum absolute atomic E-state index is 0.563. The summed E-state index contributed by atoms with van der Waals surface area (Å²) in [7, 11) is 0. The summed E-state index contributed by atoms with van der Waals surface area (Å²) < 4.78 is 11.4. The molecule has 4 rings (SSSR count). The van der Waals surface area contributed by atoms with Crippen LogP contribution in [0.25, 0.3) is 11.5 Å². The summed E-state index contributed by atoms with van der Waals surface area (Å²) in [6.45, 7) is 6.99. The maximum absolute atomic E-state index is 5.89. The fraction of sp³-hybridized carbons (Fsp3) is 0.429. The summed E-state index contributed by atoms with van der Waals surface area (Å²) in [6, 6.07) is 12.8. The topological polar surface area (TPSA) is 56.5 Å². The number of hydrogen-bond acceptors (Lipinski definition) is 4. The number of nitrogens with zero attached hydrogens (tertiary/aromatic N) is 2. The predicted molar refractivity (Wildman–Crippen MR) is 98.7 cm³/mol. The first-order valence-corrected chi connectivity index (χ1v) is 9.44. The van der Waals surface area contributed by atoms with Gasteiger partial charge in [-0.15, -0.1) is 10.2 Å². The van der Waals surface area contributed by atoms with Crippen LogP contribution in [0.15, 0.2) is 45.2 Å². The zero-order valence-corrected chi connectivity index (χ0v) is 15.5. The lowest BCUT2D eigenvalue weighted by Crippen LogP contribution is -3.11. The molecule has 0 saturated carbocycles. The third kappa shape index (κ3) is 3.88. The Kier molecular flexibility index (Phi) is 4.89. The van der Waals surface area contributed by atoms with Crippen LogP contribution in [-0.4, -0.2) is 23.3 Å². The van der Waals surface area contributed by atoms with Crippen molar-refractivity contribution >= 4 is 0 Å². The van der Waals surface area contributed by atoms with Crippen LogP contribution in [0.3, 0.4) is 0 Å². The highest BCUT2D eigenvalue weighted by Gasteiger charge is 2.24. The van der Waals surface area contributed by atoms with E-state index in [1.165, 1.54) is 42.8 Å². The van der Waals surface area contributed by atoms with Gasteiger partial charge in [0.05, 0.1) is 18.7 Å². The van der Waals surface area contributed by atoms with Crippen molar-refractivity contribution in [3.8, 4) is 11.5 Å². The van der Waals surface area contributed by atoms with Gasteiger partial charge in [0, 0.05) is 0 Å². The molecule has 1 aliphatic heterocycles. The average molecular weight is 352 g/mol. The molecule has 5 heteroatoms. The molecule has 1 fully saturated rings. The van der Waals surface area contributed by atoms with Gasteiger partial charge >= 0.3 is 0 Å². The van der Waals surface area contributed by atoms with Gasteiger partial charge in [0.2, 0.25) is 0 Å². The smallest absolute Gasteiger partial charge is 0.271 e. The minimum atomic E-state index is 0.563. The fourth-order valence-corrected chi connectivity index (χ4v) is 3.91. The van der Waals surface area contributed by atoms with Crippen molar-refractivity contribution in [1.29, 1.82) is 0 Å². The average Bonchev–Trinajstić information content (AvgIpc) is 3.23. The van der Waals surface area contributed by atoms with Crippen LogP contribution in [0.4, 0.5) is 0 Å². The van der Waals surface area contributed by atoms with E-state index in [2.05, 4.69) is 40.5 Å². The van der Waals surface area contributed by atoms with Crippen molar-refractivity contribution in [3.05, 3.63) is 59.4 Å². The molecule has 1 aromatic carbocycles. The van der Waals surface area contributed by atoms with Gasteiger partial charge in [-0.05, 0) is 50.7 Å². The standard InChI is InChI=1S/C21H25N3O2/c1-15-12-19(16(2)25-15)21-23-22-20(26-21)14-24-10-8-18(9-11-24)13-17-6-4-3-5-7-17/h3-7,12,18H,8-11,13-14H2,1-2H3/p+1. The van der Waals surface area contributed by atoms with E-state index in [0.717, 1.165) is 35.4 Å². The number of benzene rings is 1. The van der Waals surface area contributed by atoms with Crippen LogP contribution < -0.4 is 4.90 Å². The number of quaternary nitrogens is 1. The van der Waals surface area contributed by atoms with E-state index in [9.17, 15) is 0 Å². The Morgan fingerprint density at radius 1 is 1.04 bits per heavy atom. The monoisotopic (exact) mass is 352 g/mol. The predicted octanol–water partition coefficient (Wildman–Crippen LogP) is 2.98. The van der Waals surface area contributed by atoms with Crippen molar-refractivity contribution in [2.24, 2.45) is 5.92 Å². The maximum Gasteiger partial charge on any atom is 0.271 e. The van der Waals surface area contributed by atoms with E-state index < -0.39 is 0 Å². The Labute approximate surface area is 154 Å². The first-order chi connectivity index (χ1) is 12.7. The highest BCUT2D eigenvalue weighted by Crippen LogP contribution is 2.25. The van der Waals surface area contributed by atoms with Crippen molar-refractivity contribution in [2.45, 2.75) is 39.7 Å². The minimum Gasteiger partial charge on any atom is -0.466 e. The third-order valence-electron chi connectivity index (χ3n) is 5.32. The molecule has 3 heterocycles. The summed E-state index contributed by atoms with van der Waals surface area (Å²) in [5.41, 5.74) is 2.35. The Hall–Kier alpha value is -2.40. The lowest BCUT2D eigenvalue weighted by atomic mass is 9.90. The number of hydrogen-bond donors (Lipinski definition) is 1. The maximum atomic E-state index is 5.89. The van der Waals surface area contributed by atoms with E-state index >= 15 is 0 Å². The Morgan fingerprint density at radius 2 is 1.81 bits per heavy atom. The number of nitrogens with one attached hydrogen (secondary N) is 1. The van der Waals surface area contributed by atoms with E-state index in [-0.39, 0.29) is 0 Å². The van der Waals surface area contributed by atoms with Crippen molar-refractivity contribution < 1.29 is 13.7 Å². The quantitative estimate of drug-likeness (QED) is 0.767. The van der Waals surface area contributed by atoms with Crippen LogP contribution in [0.5, 0.6) is 0 Å². The fourth-order valence-electron chi connectivity index (χ4n) is 3.91. The second-order valence-electron chi connectivity index (χ2n) is 7.39. The molecule has 3 aromatic rings. The van der Waals surface area contributed by atoms with Gasteiger partial charge in [-0.2, -0.15) is 0 Å². The molecule has 0 unspecified atom stereocenters. The normalized spacial score (nSPS) is 20.4. The second kappa shape index (κ2) is 7.46. The lowest BCUT2D eigenvalue weighted by Gasteiger charge is -2.28. The van der Waals surface area contributed by atoms with Gasteiger partial charge in [-0.3, -0.25) is 0 Å². The van der Waals surface area contributed by atoms with E-state index in [1.807, 2.05) is 19.9 Å². The molecule has 0 amide bonds. The second-order valence-corrected chi connectivity index (χ2v) is 7.39. The molecular weight excluding hydrogens is 326 g/mol. The molecular formula is C21H26N3O2+. The Bertz CT molecular complexity index is 845. The van der Waals surface area contributed by atoms with Crippen LogP contribution in [0.1, 0.15) is 35.8 Å². The van der Waals surface area contributed by atoms with Crippen molar-refractivity contribution in [1.82, 2.24) is 10.2 Å². The molecule has 26 heavy (non-hydrogen) atoms. The molecule has 0 spiro atoms. The first kappa shape index (κ1) is 17.0. The number of piperidine rings is 1. The number of aryl methyl sites for hydroxylation is 2. The summed E-state index contributed by atoms with van der Waals surface area (Å²) in [5, 5.41) is 8.45. The summed E-state index contributed by atoms with van der Waals surface area (Å²) in [4.78, 5) is 1.53. The summed E-state index contributed by atoms with van der Waals surface area (Å²) in [6.07, 6.45) is 3.70. The molecule has 2 aromatic heterocycles. The Morgan fingerprint density at radius 3 is 2.50 bits per heavy atom. The SMILES string of the molecule is Cc1cc(-c2nnc(C[NH+]3CCC(Cc4ccccc4)CC3)o2)c(C)o1. The number of likely N-dealkylation sites (tertiary alicyclic amines) is 1. The van der Waals surface area contributed by atoms with Crippen LogP contribution >= 0.6 is 0 Å².